The molecule has 0 saturated carbocycles. The first-order valence-electron chi connectivity index (χ1n) is 11.0. The molecule has 0 spiro atoms. The third-order valence-electron chi connectivity index (χ3n) is 4.79. The Morgan fingerprint density at radius 3 is 2.00 bits per heavy atom. The smallest absolute Gasteiger partial charge is 0.326 e. The number of nitrogens with zero attached hydrogens (tertiary/aromatic N) is 1. The lowest BCUT2D eigenvalue weighted by Crippen LogP contribution is -2.58. The van der Waals surface area contributed by atoms with Crippen molar-refractivity contribution in [3.8, 4) is 0 Å². The van der Waals surface area contributed by atoms with Crippen molar-refractivity contribution >= 4 is 47.4 Å². The van der Waals surface area contributed by atoms with E-state index in [0.717, 1.165) is 0 Å². The summed E-state index contributed by atoms with van der Waals surface area (Å²) in [5.41, 5.74) is 16.3. The van der Waals surface area contributed by atoms with E-state index in [2.05, 4.69) is 20.9 Å². The minimum atomic E-state index is -1.55. The van der Waals surface area contributed by atoms with Crippen LogP contribution < -0.4 is 33.2 Å². The number of nitrogens with two attached hydrogens (primary N) is 3. The van der Waals surface area contributed by atoms with E-state index in [1.54, 1.807) is 20.1 Å². The van der Waals surface area contributed by atoms with Gasteiger partial charge in [-0.1, -0.05) is 13.8 Å². The SMILES string of the molecule is CSCCC(NC(=O)C(CC(=O)O)NC(=O)C(NC(=O)C(N)CCCN=C(N)N)C(C)C)C(=O)O. The van der Waals surface area contributed by atoms with Crippen LogP contribution in [0, 0.1) is 5.92 Å². The quantitative estimate of drug-likeness (QED) is 0.0580. The first-order valence-corrected chi connectivity index (χ1v) is 12.3. The molecule has 0 aliphatic heterocycles. The second-order valence-electron chi connectivity index (χ2n) is 8.13. The van der Waals surface area contributed by atoms with Crippen molar-refractivity contribution in [2.75, 3.05) is 18.6 Å². The number of carbonyl (C=O) groups excluding carboxylic acids is 3. The fraction of sp³-hybridized carbons (Fsp3) is 0.700. The Morgan fingerprint density at radius 1 is 0.914 bits per heavy atom. The number of amides is 3. The van der Waals surface area contributed by atoms with Crippen molar-refractivity contribution < 1.29 is 34.2 Å². The topological polar surface area (TPSA) is 252 Å². The highest BCUT2D eigenvalue weighted by atomic mass is 32.2. The Kier molecular flexibility index (Phi) is 15.1. The lowest BCUT2D eigenvalue weighted by atomic mass is 10.0. The summed E-state index contributed by atoms with van der Waals surface area (Å²) in [6.07, 6.45) is 1.76. The van der Waals surface area contributed by atoms with Crippen LogP contribution in [0.5, 0.6) is 0 Å². The molecule has 0 aliphatic rings. The number of guanidine groups is 1. The van der Waals surface area contributed by atoms with E-state index in [1.807, 2.05) is 0 Å². The Balaban J connectivity index is 5.30. The zero-order valence-electron chi connectivity index (χ0n) is 20.2. The molecule has 0 saturated heterocycles. The highest BCUT2D eigenvalue weighted by Gasteiger charge is 2.32. The van der Waals surface area contributed by atoms with Crippen molar-refractivity contribution in [3.63, 3.8) is 0 Å². The van der Waals surface area contributed by atoms with Gasteiger partial charge in [-0.15, -0.1) is 0 Å². The predicted molar refractivity (Wildman–Crippen MR) is 131 cm³/mol. The molecule has 0 aromatic heterocycles. The predicted octanol–water partition coefficient (Wildman–Crippen LogP) is -2.21. The Hall–Kier alpha value is -3.07. The van der Waals surface area contributed by atoms with E-state index in [1.165, 1.54) is 11.8 Å². The van der Waals surface area contributed by atoms with Crippen LogP contribution in [0.4, 0.5) is 0 Å². The second kappa shape index (κ2) is 16.5. The van der Waals surface area contributed by atoms with E-state index in [4.69, 9.17) is 17.2 Å². The number of nitrogens with one attached hydrogen (secondary N) is 3. The molecule has 4 atom stereocenters. The third kappa shape index (κ3) is 13.4. The van der Waals surface area contributed by atoms with Crippen molar-refractivity contribution in [2.24, 2.45) is 28.1 Å². The van der Waals surface area contributed by atoms with E-state index in [9.17, 15) is 34.2 Å². The van der Waals surface area contributed by atoms with Crippen molar-refractivity contribution in [3.05, 3.63) is 0 Å². The molecule has 3 amide bonds. The normalized spacial score (nSPS) is 14.2. The lowest BCUT2D eigenvalue weighted by molar-refractivity contribution is -0.143. The molecule has 0 heterocycles. The maximum Gasteiger partial charge on any atom is 0.326 e. The summed E-state index contributed by atoms with van der Waals surface area (Å²) in [7, 11) is 0. The number of aliphatic imine (C=N–C) groups is 1. The van der Waals surface area contributed by atoms with Crippen LogP contribution in [-0.2, 0) is 24.0 Å². The molecular formula is C20H37N7O7S. The number of hydrogen-bond donors (Lipinski definition) is 8. The highest BCUT2D eigenvalue weighted by Crippen LogP contribution is 2.07. The summed E-state index contributed by atoms with van der Waals surface area (Å²) in [5, 5.41) is 25.6. The van der Waals surface area contributed by atoms with Crippen LogP contribution in [-0.4, -0.2) is 88.6 Å². The second-order valence-corrected chi connectivity index (χ2v) is 9.11. The van der Waals surface area contributed by atoms with Gasteiger partial charge in [-0.25, -0.2) is 4.79 Å². The zero-order chi connectivity index (χ0) is 27.1. The summed E-state index contributed by atoms with van der Waals surface area (Å²) in [5.74, 6) is -5.12. The fourth-order valence-electron chi connectivity index (χ4n) is 2.86. The molecule has 0 bridgehead atoms. The Morgan fingerprint density at radius 2 is 1.51 bits per heavy atom. The Labute approximate surface area is 208 Å². The van der Waals surface area contributed by atoms with Crippen LogP contribution in [0.15, 0.2) is 4.99 Å². The number of carbonyl (C=O) groups is 5. The van der Waals surface area contributed by atoms with E-state index in [-0.39, 0.29) is 25.3 Å². The zero-order valence-corrected chi connectivity index (χ0v) is 21.0. The third-order valence-corrected chi connectivity index (χ3v) is 5.43. The van der Waals surface area contributed by atoms with Crippen molar-refractivity contribution in [1.82, 2.24) is 16.0 Å². The van der Waals surface area contributed by atoms with Gasteiger partial charge in [-0.2, -0.15) is 11.8 Å². The van der Waals surface area contributed by atoms with Crippen molar-refractivity contribution in [1.29, 1.82) is 0 Å². The molecule has 14 nitrogen and oxygen atoms in total. The van der Waals surface area contributed by atoms with E-state index in [0.29, 0.717) is 12.2 Å². The van der Waals surface area contributed by atoms with Crippen LogP contribution in [0.25, 0.3) is 0 Å². The molecule has 4 unspecified atom stereocenters. The first-order chi connectivity index (χ1) is 16.3. The van der Waals surface area contributed by atoms with Crippen LogP contribution in [0.2, 0.25) is 0 Å². The van der Waals surface area contributed by atoms with Gasteiger partial charge in [-0.05, 0) is 37.2 Å². The maximum absolute atomic E-state index is 12.9. The molecule has 15 heteroatoms. The van der Waals surface area contributed by atoms with E-state index >= 15 is 0 Å². The number of aliphatic carboxylic acids is 2. The monoisotopic (exact) mass is 519 g/mol. The molecule has 0 aliphatic carbocycles. The molecule has 0 fully saturated rings. The van der Waals surface area contributed by atoms with Gasteiger partial charge in [-0.3, -0.25) is 24.2 Å². The molecule has 200 valence electrons. The van der Waals surface area contributed by atoms with E-state index < -0.39 is 66.2 Å². The summed E-state index contributed by atoms with van der Waals surface area (Å²) in [6, 6.07) is -4.88. The summed E-state index contributed by atoms with van der Waals surface area (Å²) < 4.78 is 0. The molecule has 0 radical (unpaired) electrons. The van der Waals surface area contributed by atoms with Gasteiger partial charge in [0.2, 0.25) is 17.7 Å². The van der Waals surface area contributed by atoms with Gasteiger partial charge in [0.15, 0.2) is 5.96 Å². The van der Waals surface area contributed by atoms with Gasteiger partial charge < -0.3 is 43.4 Å². The molecular weight excluding hydrogens is 482 g/mol. The average molecular weight is 520 g/mol. The summed E-state index contributed by atoms with van der Waals surface area (Å²) in [4.78, 5) is 64.4. The van der Waals surface area contributed by atoms with Crippen LogP contribution in [0.1, 0.15) is 39.5 Å². The largest absolute Gasteiger partial charge is 0.481 e. The lowest BCUT2D eigenvalue weighted by Gasteiger charge is -2.26. The molecule has 0 rings (SSSR count). The maximum atomic E-state index is 12.9. The number of rotatable bonds is 17. The van der Waals surface area contributed by atoms with Gasteiger partial charge in [0.1, 0.15) is 18.1 Å². The minimum Gasteiger partial charge on any atom is -0.481 e. The first kappa shape index (κ1) is 31.9. The molecule has 0 aromatic rings. The minimum absolute atomic E-state index is 0.0848. The number of thioether (sulfide) groups is 1. The van der Waals surface area contributed by atoms with Gasteiger partial charge in [0.05, 0.1) is 12.5 Å². The standard InChI is InChI=1S/C20H37N7O7S/c1-10(2)15(27-16(30)11(21)5-4-7-24-20(22)23)18(32)26-13(9-14(28)29)17(31)25-12(19(33)34)6-8-35-3/h10-13,15H,4-9,21H2,1-3H3,(H,25,31)(H,26,32)(H,27,30)(H,28,29)(H,33,34)(H4,22,23,24). The van der Waals surface area contributed by atoms with Gasteiger partial charge >= 0.3 is 11.9 Å². The van der Waals surface area contributed by atoms with Crippen LogP contribution in [0.3, 0.4) is 0 Å². The van der Waals surface area contributed by atoms with Gasteiger partial charge in [0.25, 0.3) is 0 Å². The van der Waals surface area contributed by atoms with Gasteiger partial charge in [0, 0.05) is 6.54 Å². The number of carboxylic acid groups (broad SMARTS) is 2. The molecule has 11 N–H and O–H groups in total. The summed E-state index contributed by atoms with van der Waals surface area (Å²) in [6.45, 7) is 3.56. The highest BCUT2D eigenvalue weighted by molar-refractivity contribution is 7.98. The average Bonchev–Trinajstić information content (AvgIpc) is 2.75. The number of hydrogen-bond acceptors (Lipinski definition) is 8. The summed E-state index contributed by atoms with van der Waals surface area (Å²) >= 11 is 1.38. The van der Waals surface area contributed by atoms with Crippen molar-refractivity contribution in [2.45, 2.75) is 63.7 Å². The molecule has 35 heavy (non-hydrogen) atoms. The molecule has 0 aromatic carbocycles. The Bertz CT molecular complexity index is 775. The fourth-order valence-corrected chi connectivity index (χ4v) is 3.33. The van der Waals surface area contributed by atoms with Crippen LogP contribution >= 0.6 is 11.8 Å². The number of carboxylic acids is 2.